The predicted molar refractivity (Wildman–Crippen MR) is 95.8 cm³/mol. The van der Waals surface area contributed by atoms with Crippen molar-refractivity contribution in [1.29, 1.82) is 0 Å². The molecule has 2 aromatic carbocycles. The summed E-state index contributed by atoms with van der Waals surface area (Å²) in [5.74, 6) is 1.72. The fourth-order valence-electron chi connectivity index (χ4n) is 3.43. The van der Waals surface area contributed by atoms with Crippen LogP contribution in [0.15, 0.2) is 48.5 Å². The maximum atomic E-state index is 6.19. The fourth-order valence-corrected chi connectivity index (χ4v) is 3.62. The minimum absolute atomic E-state index is 0.701. The summed E-state index contributed by atoms with van der Waals surface area (Å²) < 4.78 is 2.37. The normalized spacial score (nSPS) is 16.0. The third kappa shape index (κ3) is 2.99. The van der Waals surface area contributed by atoms with Crippen LogP contribution in [0.2, 0.25) is 5.02 Å². The van der Waals surface area contributed by atoms with E-state index in [0.29, 0.717) is 5.92 Å². The maximum absolute atomic E-state index is 6.19. The van der Waals surface area contributed by atoms with Gasteiger partial charge in [0.05, 0.1) is 11.0 Å². The van der Waals surface area contributed by atoms with Crippen molar-refractivity contribution >= 4 is 22.6 Å². The van der Waals surface area contributed by atoms with Crippen molar-refractivity contribution in [2.24, 2.45) is 5.92 Å². The molecular weight excluding hydrogens is 306 g/mol. The van der Waals surface area contributed by atoms with Gasteiger partial charge in [-0.15, -0.1) is 0 Å². The molecule has 0 radical (unpaired) electrons. The number of hydrogen-bond donors (Lipinski definition) is 1. The van der Waals surface area contributed by atoms with Crippen LogP contribution in [0.1, 0.15) is 12.8 Å². The van der Waals surface area contributed by atoms with Crippen LogP contribution in [0.25, 0.3) is 22.4 Å². The summed E-state index contributed by atoms with van der Waals surface area (Å²) in [5, 5.41) is 4.20. The van der Waals surface area contributed by atoms with Gasteiger partial charge in [0.25, 0.3) is 0 Å². The Morgan fingerprint density at radius 1 is 1.09 bits per heavy atom. The molecule has 0 amide bonds. The maximum Gasteiger partial charge on any atom is 0.141 e. The van der Waals surface area contributed by atoms with E-state index in [4.69, 9.17) is 16.6 Å². The molecule has 0 saturated carbocycles. The second kappa shape index (κ2) is 6.34. The molecule has 0 atom stereocenters. The Morgan fingerprint density at radius 3 is 2.74 bits per heavy atom. The van der Waals surface area contributed by atoms with E-state index in [2.05, 4.69) is 34.1 Å². The topological polar surface area (TPSA) is 29.9 Å². The van der Waals surface area contributed by atoms with Gasteiger partial charge in [-0.25, -0.2) is 4.98 Å². The molecule has 0 bridgehead atoms. The zero-order chi connectivity index (χ0) is 15.6. The van der Waals surface area contributed by atoms with E-state index in [0.717, 1.165) is 41.6 Å². The summed E-state index contributed by atoms with van der Waals surface area (Å²) >= 11 is 6.19. The zero-order valence-corrected chi connectivity index (χ0v) is 13.8. The Kier molecular flexibility index (Phi) is 4.06. The molecule has 3 nitrogen and oxygen atoms in total. The number of piperidine rings is 1. The molecule has 1 fully saturated rings. The van der Waals surface area contributed by atoms with Gasteiger partial charge in [0.2, 0.25) is 0 Å². The first kappa shape index (κ1) is 14.7. The first-order chi connectivity index (χ1) is 11.3. The van der Waals surface area contributed by atoms with Crippen LogP contribution < -0.4 is 5.32 Å². The lowest BCUT2D eigenvalue weighted by molar-refractivity contribution is 0.337. The van der Waals surface area contributed by atoms with Gasteiger partial charge in [0, 0.05) is 17.1 Å². The van der Waals surface area contributed by atoms with Crippen molar-refractivity contribution in [2.45, 2.75) is 19.4 Å². The first-order valence-electron chi connectivity index (χ1n) is 8.23. The molecule has 4 heteroatoms. The molecule has 1 N–H and O–H groups in total. The van der Waals surface area contributed by atoms with Crippen molar-refractivity contribution in [1.82, 2.24) is 14.9 Å². The lowest BCUT2D eigenvalue weighted by Crippen LogP contribution is -2.30. The first-order valence-corrected chi connectivity index (χ1v) is 8.61. The van der Waals surface area contributed by atoms with Crippen LogP contribution in [0, 0.1) is 5.92 Å². The Labute approximate surface area is 141 Å². The van der Waals surface area contributed by atoms with Crippen molar-refractivity contribution in [3.05, 3.63) is 53.6 Å². The molecule has 1 aliphatic rings. The molecule has 0 unspecified atom stereocenters. The zero-order valence-electron chi connectivity index (χ0n) is 13.0. The predicted octanol–water partition coefficient (Wildman–Crippen LogP) is 4.36. The molecule has 0 spiro atoms. The van der Waals surface area contributed by atoms with Crippen LogP contribution in [-0.2, 0) is 6.54 Å². The van der Waals surface area contributed by atoms with E-state index in [1.807, 2.05) is 24.3 Å². The summed E-state index contributed by atoms with van der Waals surface area (Å²) in [7, 11) is 0. The van der Waals surface area contributed by atoms with E-state index in [1.165, 1.54) is 18.4 Å². The van der Waals surface area contributed by atoms with Gasteiger partial charge in [0.1, 0.15) is 5.82 Å². The van der Waals surface area contributed by atoms with Crippen molar-refractivity contribution in [2.75, 3.05) is 13.1 Å². The van der Waals surface area contributed by atoms with Crippen molar-refractivity contribution in [3.63, 3.8) is 0 Å². The van der Waals surface area contributed by atoms with Gasteiger partial charge in [-0.3, -0.25) is 0 Å². The minimum atomic E-state index is 0.701. The van der Waals surface area contributed by atoms with E-state index in [-0.39, 0.29) is 0 Å². The van der Waals surface area contributed by atoms with Crippen molar-refractivity contribution < 1.29 is 0 Å². The number of nitrogens with one attached hydrogen (secondary N) is 1. The highest BCUT2D eigenvalue weighted by molar-refractivity contribution is 6.30. The van der Waals surface area contributed by atoms with E-state index in [1.54, 1.807) is 0 Å². The highest BCUT2D eigenvalue weighted by Crippen LogP contribution is 2.28. The van der Waals surface area contributed by atoms with Crippen molar-refractivity contribution in [3.8, 4) is 11.4 Å². The van der Waals surface area contributed by atoms with Gasteiger partial charge in [-0.1, -0.05) is 35.9 Å². The number of benzene rings is 2. The number of imidazole rings is 1. The van der Waals surface area contributed by atoms with Crippen LogP contribution >= 0.6 is 11.6 Å². The fraction of sp³-hybridized carbons (Fsp3) is 0.316. The third-order valence-electron chi connectivity index (χ3n) is 4.64. The van der Waals surface area contributed by atoms with Crippen LogP contribution in [-0.4, -0.2) is 22.6 Å². The summed E-state index contributed by atoms with van der Waals surface area (Å²) in [6, 6.07) is 16.4. The quantitative estimate of drug-likeness (QED) is 0.775. The molecule has 118 valence electrons. The van der Waals surface area contributed by atoms with E-state index < -0.39 is 0 Å². The van der Waals surface area contributed by atoms with E-state index >= 15 is 0 Å². The SMILES string of the molecule is Clc1cccc(-c2nc3ccccc3n2CC2CCNCC2)c1. The Bertz CT molecular complexity index is 818. The number of para-hydroxylation sites is 2. The minimum Gasteiger partial charge on any atom is -0.324 e. The lowest BCUT2D eigenvalue weighted by Gasteiger charge is -2.24. The molecule has 1 saturated heterocycles. The second-order valence-electron chi connectivity index (χ2n) is 6.24. The molecule has 4 rings (SSSR count). The standard InChI is InChI=1S/C19H20ClN3/c20-16-5-3-4-15(12-16)19-22-17-6-1-2-7-18(17)23(19)13-14-8-10-21-11-9-14/h1-7,12,14,21H,8-11,13H2. The Hall–Kier alpha value is -1.84. The van der Waals surface area contributed by atoms with Crippen LogP contribution in [0.5, 0.6) is 0 Å². The van der Waals surface area contributed by atoms with Gasteiger partial charge in [0.15, 0.2) is 0 Å². The molecule has 1 aromatic heterocycles. The molecule has 0 aliphatic carbocycles. The summed E-state index contributed by atoms with van der Waals surface area (Å²) in [4.78, 5) is 4.88. The molecular formula is C19H20ClN3. The highest BCUT2D eigenvalue weighted by Gasteiger charge is 2.18. The Balaban J connectivity index is 1.80. The van der Waals surface area contributed by atoms with Gasteiger partial charge in [-0.05, 0) is 56.1 Å². The smallest absolute Gasteiger partial charge is 0.141 e. The van der Waals surface area contributed by atoms with Gasteiger partial charge < -0.3 is 9.88 Å². The largest absolute Gasteiger partial charge is 0.324 e. The number of aromatic nitrogens is 2. The monoisotopic (exact) mass is 325 g/mol. The summed E-state index contributed by atoms with van der Waals surface area (Å²) in [6.45, 7) is 3.25. The number of hydrogen-bond acceptors (Lipinski definition) is 2. The second-order valence-corrected chi connectivity index (χ2v) is 6.67. The molecule has 23 heavy (non-hydrogen) atoms. The van der Waals surface area contributed by atoms with Gasteiger partial charge >= 0.3 is 0 Å². The van der Waals surface area contributed by atoms with E-state index in [9.17, 15) is 0 Å². The number of nitrogens with zero attached hydrogens (tertiary/aromatic N) is 2. The lowest BCUT2D eigenvalue weighted by atomic mass is 9.98. The third-order valence-corrected chi connectivity index (χ3v) is 4.87. The highest BCUT2D eigenvalue weighted by atomic mass is 35.5. The molecule has 3 aromatic rings. The molecule has 1 aliphatic heterocycles. The van der Waals surface area contributed by atoms with Gasteiger partial charge in [-0.2, -0.15) is 0 Å². The van der Waals surface area contributed by atoms with Crippen LogP contribution in [0.3, 0.4) is 0 Å². The number of fused-ring (bicyclic) bond motifs is 1. The average molecular weight is 326 g/mol. The van der Waals surface area contributed by atoms with Crippen LogP contribution in [0.4, 0.5) is 0 Å². The number of halogens is 1. The summed E-state index contributed by atoms with van der Waals surface area (Å²) in [6.07, 6.45) is 2.45. The Morgan fingerprint density at radius 2 is 1.91 bits per heavy atom. The molecule has 2 heterocycles. The number of rotatable bonds is 3. The summed E-state index contributed by atoms with van der Waals surface area (Å²) in [5.41, 5.74) is 3.35. The average Bonchev–Trinajstić information content (AvgIpc) is 2.95.